The topological polar surface area (TPSA) is 109 Å². The van der Waals surface area contributed by atoms with E-state index in [1.165, 1.54) is 6.92 Å². The fourth-order valence-corrected chi connectivity index (χ4v) is 6.07. The van der Waals surface area contributed by atoms with Crippen LogP contribution in [0, 0.1) is 0 Å². The molecule has 10 heteroatoms. The standard InChI is InChI=1S/C30H36IN3O6/c1-6-21-22-15-20(40-29(37)34-12-10-33(5)11-13-34)8-9-26(22)32-27(23(21)16-31)18(3)14-25-24(19(4)35)17-39-28(36)30(25,38)7-2/h8-9,14-15,38H,6-7,10-13,16-17H2,1-5H3/b18-14+/t30-/m0/s1. The zero-order chi connectivity index (χ0) is 29.2. The number of rotatable bonds is 7. The number of esters is 1. The van der Waals surface area contributed by atoms with Crippen molar-refractivity contribution in [3.63, 3.8) is 0 Å². The summed E-state index contributed by atoms with van der Waals surface area (Å²) in [5, 5.41) is 12.1. The highest BCUT2D eigenvalue weighted by Crippen LogP contribution is 2.36. The number of hydrogen-bond acceptors (Lipinski definition) is 8. The van der Waals surface area contributed by atoms with Crippen molar-refractivity contribution in [2.75, 3.05) is 39.8 Å². The highest BCUT2D eigenvalue weighted by molar-refractivity contribution is 14.1. The van der Waals surface area contributed by atoms with E-state index in [0.29, 0.717) is 23.3 Å². The molecule has 0 bridgehead atoms. The number of amides is 1. The number of hydrogen-bond donors (Lipinski definition) is 1. The lowest BCUT2D eigenvalue weighted by Gasteiger charge is -2.32. The van der Waals surface area contributed by atoms with Gasteiger partial charge >= 0.3 is 12.1 Å². The van der Waals surface area contributed by atoms with E-state index in [0.717, 1.165) is 52.8 Å². The highest BCUT2D eigenvalue weighted by Gasteiger charge is 2.44. The van der Waals surface area contributed by atoms with Gasteiger partial charge in [-0.05, 0) is 74.7 Å². The lowest BCUT2D eigenvalue weighted by Crippen LogP contribution is -2.48. The van der Waals surface area contributed by atoms with Crippen LogP contribution < -0.4 is 4.74 Å². The molecule has 9 nitrogen and oxygen atoms in total. The molecule has 0 saturated carbocycles. The first-order chi connectivity index (χ1) is 19.0. The van der Waals surface area contributed by atoms with Gasteiger partial charge in [0.1, 0.15) is 12.4 Å². The van der Waals surface area contributed by atoms with Crippen molar-refractivity contribution >= 4 is 56.9 Å². The van der Waals surface area contributed by atoms with Gasteiger partial charge in [0, 0.05) is 47.1 Å². The Hall–Kier alpha value is -2.83. The second kappa shape index (κ2) is 12.4. The Balaban J connectivity index is 1.77. The van der Waals surface area contributed by atoms with Gasteiger partial charge in [-0.3, -0.25) is 4.79 Å². The summed E-state index contributed by atoms with van der Waals surface area (Å²) in [5.41, 5.74) is 2.92. The number of Topliss-reactive ketones (excluding diaryl/α,β-unsaturated/α-hetero) is 1. The van der Waals surface area contributed by atoms with Crippen molar-refractivity contribution in [3.05, 3.63) is 52.2 Å². The fraction of sp³-hybridized carbons (Fsp3) is 0.467. The van der Waals surface area contributed by atoms with E-state index in [2.05, 4.69) is 34.4 Å². The van der Waals surface area contributed by atoms with Gasteiger partial charge in [-0.25, -0.2) is 14.6 Å². The number of carbonyl (C=O) groups excluding carboxylic acids is 3. The molecule has 214 valence electrons. The van der Waals surface area contributed by atoms with Crippen molar-refractivity contribution in [2.45, 2.75) is 50.6 Å². The molecule has 1 fully saturated rings. The first-order valence-corrected chi connectivity index (χ1v) is 15.1. The van der Waals surface area contributed by atoms with Crippen LogP contribution in [0.1, 0.15) is 50.9 Å². The molecule has 0 radical (unpaired) electrons. The summed E-state index contributed by atoms with van der Waals surface area (Å²) in [7, 11) is 2.04. The predicted octanol–water partition coefficient (Wildman–Crippen LogP) is 4.47. The number of pyridine rings is 1. The number of cyclic esters (lactones) is 1. The minimum absolute atomic E-state index is 0.0713. The maximum Gasteiger partial charge on any atom is 0.415 e. The van der Waals surface area contributed by atoms with Crippen molar-refractivity contribution in [1.82, 2.24) is 14.8 Å². The van der Waals surface area contributed by atoms with Crippen LogP contribution in [0.15, 0.2) is 35.4 Å². The smallest absolute Gasteiger partial charge is 0.415 e. The quantitative estimate of drug-likeness (QED) is 0.263. The Morgan fingerprint density at radius 3 is 2.48 bits per heavy atom. The molecule has 2 aromatic rings. The number of carbonyl (C=O) groups is 3. The molecule has 2 aliphatic heterocycles. The van der Waals surface area contributed by atoms with Gasteiger partial charge in [-0.1, -0.05) is 36.4 Å². The molecule has 2 aliphatic rings. The number of allylic oxidation sites excluding steroid dienone is 1. The van der Waals surface area contributed by atoms with Crippen molar-refractivity contribution in [2.24, 2.45) is 0 Å². The second-order valence-corrected chi connectivity index (χ2v) is 11.1. The number of benzene rings is 1. The Kier molecular flexibility index (Phi) is 9.31. The summed E-state index contributed by atoms with van der Waals surface area (Å²) in [6.07, 6.45) is 2.14. The van der Waals surface area contributed by atoms with Crippen LogP contribution in [0.3, 0.4) is 0 Å². The molecule has 1 atom stereocenters. The van der Waals surface area contributed by atoms with Crippen molar-refractivity contribution in [3.8, 4) is 5.75 Å². The molecule has 1 aromatic carbocycles. The van der Waals surface area contributed by atoms with Crippen LogP contribution in [0.25, 0.3) is 16.5 Å². The lowest BCUT2D eigenvalue weighted by molar-refractivity contribution is -0.163. The fourth-order valence-electron chi connectivity index (χ4n) is 5.25. The van der Waals surface area contributed by atoms with Crippen LogP contribution in [0.2, 0.25) is 0 Å². The number of ether oxygens (including phenoxy) is 2. The summed E-state index contributed by atoms with van der Waals surface area (Å²) < 4.78 is 11.5. The molecular formula is C30H36IN3O6. The Morgan fingerprint density at radius 2 is 1.88 bits per heavy atom. The molecule has 1 aromatic heterocycles. The molecule has 0 unspecified atom stereocenters. The highest BCUT2D eigenvalue weighted by atomic mass is 127. The van der Waals surface area contributed by atoms with Gasteiger partial charge in [0.15, 0.2) is 11.4 Å². The van der Waals surface area contributed by atoms with Crippen LogP contribution >= 0.6 is 22.6 Å². The van der Waals surface area contributed by atoms with E-state index in [4.69, 9.17) is 14.5 Å². The number of halogens is 1. The van der Waals surface area contributed by atoms with Crippen molar-refractivity contribution < 1.29 is 29.0 Å². The SMILES string of the molecule is CCc1c(CI)c(/C(C)=C/C2=C(C(C)=O)COC(=O)[C@]2(O)CC)nc2ccc(OC(=O)N3CCN(C)CC3)cc12. The van der Waals surface area contributed by atoms with E-state index < -0.39 is 11.6 Å². The number of aryl methyl sites for hydroxylation is 1. The van der Waals surface area contributed by atoms with E-state index >= 15 is 0 Å². The molecular weight excluding hydrogens is 625 g/mol. The number of fused-ring (bicyclic) bond motifs is 1. The van der Waals surface area contributed by atoms with E-state index in [-0.39, 0.29) is 36.1 Å². The van der Waals surface area contributed by atoms with Gasteiger partial charge in [0.05, 0.1) is 11.2 Å². The molecule has 4 rings (SSSR count). The number of nitrogens with zero attached hydrogens (tertiary/aromatic N) is 3. The minimum Gasteiger partial charge on any atom is -0.458 e. The zero-order valence-electron chi connectivity index (χ0n) is 23.7. The van der Waals surface area contributed by atoms with Crippen molar-refractivity contribution in [1.29, 1.82) is 0 Å². The zero-order valence-corrected chi connectivity index (χ0v) is 25.8. The minimum atomic E-state index is -1.90. The molecule has 0 spiro atoms. The van der Waals surface area contributed by atoms with E-state index in [1.807, 2.05) is 26.1 Å². The Bertz CT molecular complexity index is 1410. The molecule has 1 saturated heterocycles. The number of alkyl halides is 1. The monoisotopic (exact) mass is 661 g/mol. The van der Waals surface area contributed by atoms with Crippen LogP contribution in [-0.4, -0.2) is 83.2 Å². The van der Waals surface area contributed by atoms with Crippen LogP contribution in [-0.2, 0) is 25.2 Å². The average Bonchev–Trinajstić information content (AvgIpc) is 2.94. The van der Waals surface area contributed by atoms with Crippen LogP contribution in [0.5, 0.6) is 5.75 Å². The summed E-state index contributed by atoms with van der Waals surface area (Å²) in [6.45, 7) is 9.74. The third-order valence-electron chi connectivity index (χ3n) is 7.76. The third-order valence-corrected chi connectivity index (χ3v) is 8.52. The van der Waals surface area contributed by atoms with Crippen LogP contribution in [0.4, 0.5) is 4.79 Å². The van der Waals surface area contributed by atoms with Gasteiger partial charge in [-0.2, -0.15) is 0 Å². The number of likely N-dealkylation sites (N-methyl/N-ethyl adjacent to an activating group) is 1. The number of ketones is 1. The largest absolute Gasteiger partial charge is 0.458 e. The van der Waals surface area contributed by atoms with Gasteiger partial charge in [-0.15, -0.1) is 0 Å². The lowest BCUT2D eigenvalue weighted by atomic mass is 9.82. The molecule has 3 heterocycles. The Labute approximate surface area is 248 Å². The number of aliphatic hydroxyl groups is 1. The number of piperazine rings is 1. The predicted molar refractivity (Wildman–Crippen MR) is 161 cm³/mol. The first kappa shape index (κ1) is 30.1. The third kappa shape index (κ3) is 5.80. The second-order valence-electron chi connectivity index (χ2n) is 10.3. The molecule has 1 amide bonds. The summed E-state index contributed by atoms with van der Waals surface area (Å²) >= 11 is 2.30. The van der Waals surface area contributed by atoms with Gasteiger partial charge < -0.3 is 24.4 Å². The summed E-state index contributed by atoms with van der Waals surface area (Å²) in [4.78, 5) is 46.6. The maximum atomic E-state index is 12.8. The molecule has 40 heavy (non-hydrogen) atoms. The average molecular weight is 662 g/mol. The normalized spacial score (nSPS) is 20.6. The number of aromatic nitrogens is 1. The molecule has 1 N–H and O–H groups in total. The van der Waals surface area contributed by atoms with E-state index in [9.17, 15) is 19.5 Å². The van der Waals surface area contributed by atoms with Gasteiger partial charge in [0.2, 0.25) is 0 Å². The molecule has 0 aliphatic carbocycles. The van der Waals surface area contributed by atoms with E-state index in [1.54, 1.807) is 24.0 Å². The first-order valence-electron chi connectivity index (χ1n) is 13.5. The summed E-state index contributed by atoms with van der Waals surface area (Å²) in [6, 6.07) is 5.46. The van der Waals surface area contributed by atoms with Gasteiger partial charge in [0.25, 0.3) is 0 Å². The Morgan fingerprint density at radius 1 is 1.18 bits per heavy atom. The summed E-state index contributed by atoms with van der Waals surface area (Å²) in [5.74, 6) is -0.545. The maximum absolute atomic E-state index is 12.8.